The van der Waals surface area contributed by atoms with Crippen LogP contribution in [0.5, 0.6) is 11.5 Å². The Hall–Kier alpha value is -3.59. The molecule has 0 amide bonds. The molecule has 24 heavy (non-hydrogen) atoms. The molecule has 6 heteroatoms. The summed E-state index contributed by atoms with van der Waals surface area (Å²) < 4.78 is 10.5. The van der Waals surface area contributed by atoms with Crippen LogP contribution >= 0.6 is 0 Å². The van der Waals surface area contributed by atoms with Crippen LogP contribution in [0.25, 0.3) is 10.9 Å². The maximum Gasteiger partial charge on any atom is 0.344 e. The van der Waals surface area contributed by atoms with Crippen molar-refractivity contribution in [3.8, 4) is 17.6 Å². The molecule has 1 heterocycles. The van der Waals surface area contributed by atoms with E-state index in [2.05, 4.69) is 4.98 Å². The number of carbonyl (C=O) groups excluding carboxylic acids is 1. The molecule has 0 aliphatic carbocycles. The van der Waals surface area contributed by atoms with Gasteiger partial charge in [-0.25, -0.2) is 4.79 Å². The molecule has 118 valence electrons. The van der Waals surface area contributed by atoms with Gasteiger partial charge in [-0.15, -0.1) is 0 Å². The van der Waals surface area contributed by atoms with Gasteiger partial charge in [-0.2, -0.15) is 5.26 Å². The summed E-state index contributed by atoms with van der Waals surface area (Å²) >= 11 is 0. The molecule has 3 aromatic rings. The lowest BCUT2D eigenvalue weighted by atomic mass is 10.1. The molecule has 0 fully saturated rings. The molecule has 0 bridgehead atoms. The number of fused-ring (bicyclic) bond motifs is 1. The zero-order chi connectivity index (χ0) is 17.1. The highest BCUT2D eigenvalue weighted by atomic mass is 16.6. The SMILES string of the molecule is COc1cc(C#N)ccc1OC(=O)c1cc(=O)[nH]c2ccccc12. The number of benzene rings is 2. The zero-order valence-corrected chi connectivity index (χ0v) is 12.7. The second kappa shape index (κ2) is 6.26. The summed E-state index contributed by atoms with van der Waals surface area (Å²) in [6.07, 6.45) is 0. The third-order valence-electron chi connectivity index (χ3n) is 3.47. The highest BCUT2D eigenvalue weighted by molar-refractivity contribution is 6.04. The number of ether oxygens (including phenoxy) is 2. The van der Waals surface area contributed by atoms with Gasteiger partial charge in [-0.3, -0.25) is 4.79 Å². The highest BCUT2D eigenvalue weighted by Crippen LogP contribution is 2.29. The van der Waals surface area contributed by atoms with Crippen LogP contribution in [0.2, 0.25) is 0 Å². The number of carbonyl (C=O) groups is 1. The smallest absolute Gasteiger partial charge is 0.344 e. The van der Waals surface area contributed by atoms with E-state index in [1.165, 1.54) is 31.4 Å². The summed E-state index contributed by atoms with van der Waals surface area (Å²) in [7, 11) is 1.41. The normalized spacial score (nSPS) is 10.2. The Labute approximate surface area is 136 Å². The first kappa shape index (κ1) is 15.3. The summed E-state index contributed by atoms with van der Waals surface area (Å²) in [5.74, 6) is -0.247. The number of nitriles is 1. The number of nitrogens with zero attached hydrogens (tertiary/aromatic N) is 1. The summed E-state index contributed by atoms with van der Waals surface area (Å²) in [5.41, 5.74) is 0.685. The van der Waals surface area contributed by atoms with Crippen LogP contribution in [0.1, 0.15) is 15.9 Å². The van der Waals surface area contributed by atoms with Gasteiger partial charge in [0.2, 0.25) is 5.56 Å². The molecule has 0 saturated carbocycles. The Kier molecular flexibility index (Phi) is 4.00. The van der Waals surface area contributed by atoms with Crippen LogP contribution in [-0.4, -0.2) is 18.1 Å². The number of methoxy groups -OCH3 is 1. The quantitative estimate of drug-likeness (QED) is 0.591. The van der Waals surface area contributed by atoms with Gasteiger partial charge in [0.05, 0.1) is 24.3 Å². The lowest BCUT2D eigenvalue weighted by molar-refractivity contribution is 0.0731. The van der Waals surface area contributed by atoms with Crippen molar-refractivity contribution < 1.29 is 14.3 Å². The zero-order valence-electron chi connectivity index (χ0n) is 12.7. The van der Waals surface area contributed by atoms with Crippen molar-refractivity contribution >= 4 is 16.9 Å². The summed E-state index contributed by atoms with van der Waals surface area (Å²) in [4.78, 5) is 26.9. The molecule has 0 spiro atoms. The van der Waals surface area contributed by atoms with E-state index in [0.717, 1.165) is 0 Å². The van der Waals surface area contributed by atoms with Crippen molar-refractivity contribution in [1.29, 1.82) is 5.26 Å². The van der Waals surface area contributed by atoms with Crippen LogP contribution in [0.4, 0.5) is 0 Å². The third-order valence-corrected chi connectivity index (χ3v) is 3.47. The van der Waals surface area contributed by atoms with Gasteiger partial charge in [0.1, 0.15) is 0 Å². The molecule has 3 rings (SSSR count). The van der Waals surface area contributed by atoms with Gasteiger partial charge in [0, 0.05) is 23.0 Å². The number of esters is 1. The number of pyridine rings is 1. The number of H-pyrrole nitrogens is 1. The molecule has 0 atom stereocenters. The van der Waals surface area contributed by atoms with E-state index in [1.54, 1.807) is 24.3 Å². The van der Waals surface area contributed by atoms with Crippen LogP contribution in [0.3, 0.4) is 0 Å². The topological polar surface area (TPSA) is 92.2 Å². The van der Waals surface area contributed by atoms with Gasteiger partial charge >= 0.3 is 5.97 Å². The first-order chi connectivity index (χ1) is 11.6. The van der Waals surface area contributed by atoms with E-state index in [4.69, 9.17) is 14.7 Å². The van der Waals surface area contributed by atoms with Crippen molar-refractivity contribution in [1.82, 2.24) is 4.98 Å². The first-order valence-corrected chi connectivity index (χ1v) is 7.05. The Morgan fingerprint density at radius 3 is 2.67 bits per heavy atom. The molecule has 0 radical (unpaired) electrons. The summed E-state index contributed by atoms with van der Waals surface area (Å²) in [6, 6.07) is 14.6. The molecule has 0 unspecified atom stereocenters. The van der Waals surface area contributed by atoms with E-state index in [0.29, 0.717) is 16.5 Å². The molecule has 0 aliphatic heterocycles. The minimum atomic E-state index is -0.680. The molecule has 2 aromatic carbocycles. The van der Waals surface area contributed by atoms with Gasteiger partial charge in [-0.05, 0) is 18.2 Å². The van der Waals surface area contributed by atoms with Crippen molar-refractivity contribution in [3.63, 3.8) is 0 Å². The summed E-state index contributed by atoms with van der Waals surface area (Å²) in [5, 5.41) is 9.48. The maximum atomic E-state index is 12.5. The minimum absolute atomic E-state index is 0.153. The van der Waals surface area contributed by atoms with E-state index in [-0.39, 0.29) is 17.1 Å². The van der Waals surface area contributed by atoms with Crippen LogP contribution in [0.15, 0.2) is 53.3 Å². The second-order valence-electron chi connectivity index (χ2n) is 4.96. The number of aromatic nitrogens is 1. The minimum Gasteiger partial charge on any atom is -0.493 e. The fraction of sp³-hybridized carbons (Fsp3) is 0.0556. The first-order valence-electron chi connectivity index (χ1n) is 7.05. The molecule has 1 aromatic heterocycles. The number of hydrogen-bond acceptors (Lipinski definition) is 5. The number of rotatable bonds is 3. The highest BCUT2D eigenvalue weighted by Gasteiger charge is 2.16. The number of para-hydroxylation sites is 1. The number of aromatic amines is 1. The fourth-order valence-electron chi connectivity index (χ4n) is 2.35. The fourth-order valence-corrected chi connectivity index (χ4v) is 2.35. The van der Waals surface area contributed by atoms with Gasteiger partial charge in [-0.1, -0.05) is 18.2 Å². The van der Waals surface area contributed by atoms with E-state index in [9.17, 15) is 9.59 Å². The summed E-state index contributed by atoms with van der Waals surface area (Å²) in [6.45, 7) is 0. The van der Waals surface area contributed by atoms with Gasteiger partial charge in [0.25, 0.3) is 0 Å². The lowest BCUT2D eigenvalue weighted by Gasteiger charge is -2.10. The average molecular weight is 320 g/mol. The molecule has 1 N–H and O–H groups in total. The standard InChI is InChI=1S/C18H12N2O4/c1-23-16-8-11(10-19)6-7-15(16)24-18(22)13-9-17(21)20-14-5-3-2-4-12(13)14/h2-9H,1H3,(H,20,21). The van der Waals surface area contributed by atoms with Gasteiger partial charge in [0.15, 0.2) is 11.5 Å². The molecular weight excluding hydrogens is 308 g/mol. The van der Waals surface area contributed by atoms with Crippen LogP contribution < -0.4 is 15.0 Å². The van der Waals surface area contributed by atoms with Gasteiger partial charge < -0.3 is 14.5 Å². The van der Waals surface area contributed by atoms with E-state index < -0.39 is 11.5 Å². The largest absolute Gasteiger partial charge is 0.493 e. The Morgan fingerprint density at radius 2 is 1.92 bits per heavy atom. The van der Waals surface area contributed by atoms with E-state index in [1.807, 2.05) is 6.07 Å². The molecular formula is C18H12N2O4. The molecule has 0 aliphatic rings. The van der Waals surface area contributed by atoms with Crippen LogP contribution in [-0.2, 0) is 0 Å². The van der Waals surface area contributed by atoms with Crippen LogP contribution in [0, 0.1) is 11.3 Å². The van der Waals surface area contributed by atoms with Crippen molar-refractivity contribution in [2.24, 2.45) is 0 Å². The predicted molar refractivity (Wildman–Crippen MR) is 87.2 cm³/mol. The lowest BCUT2D eigenvalue weighted by Crippen LogP contribution is -2.15. The Morgan fingerprint density at radius 1 is 1.12 bits per heavy atom. The third kappa shape index (κ3) is 2.83. The van der Waals surface area contributed by atoms with E-state index >= 15 is 0 Å². The van der Waals surface area contributed by atoms with Crippen molar-refractivity contribution in [2.75, 3.05) is 7.11 Å². The maximum absolute atomic E-state index is 12.5. The number of nitrogens with one attached hydrogen (secondary N) is 1. The monoisotopic (exact) mass is 320 g/mol. The second-order valence-corrected chi connectivity index (χ2v) is 4.96. The van der Waals surface area contributed by atoms with Crippen molar-refractivity contribution in [2.45, 2.75) is 0 Å². The number of hydrogen-bond donors (Lipinski definition) is 1. The average Bonchev–Trinajstić information content (AvgIpc) is 2.61. The predicted octanol–water partition coefficient (Wildman–Crippen LogP) is 2.63. The molecule has 0 saturated heterocycles. The Bertz CT molecular complexity index is 1030. The Balaban J connectivity index is 2.03. The molecule has 6 nitrogen and oxygen atoms in total. The van der Waals surface area contributed by atoms with Crippen molar-refractivity contribution in [3.05, 3.63) is 70.0 Å².